The molecule has 0 spiro atoms. The largest absolute Gasteiger partial charge is 1.00 e. The molecule has 3 saturated carbocycles. The van der Waals surface area contributed by atoms with E-state index in [1.807, 2.05) is 0 Å². The normalized spacial score (nSPS) is 33.1. The third-order valence-electron chi connectivity index (χ3n) is 7.11. The minimum Gasteiger partial charge on any atom is -0.799 e. The van der Waals surface area contributed by atoms with Crippen molar-refractivity contribution in [3.8, 4) is 11.8 Å². The molecular formula is C24H36NaO4P. The Morgan fingerprint density at radius 3 is 2.63 bits per heavy atom. The summed E-state index contributed by atoms with van der Waals surface area (Å²) in [7, 11) is -3.16. The number of carbonyl (C=O) groups excluding carboxylic acids is 1. The van der Waals surface area contributed by atoms with Gasteiger partial charge < -0.3 is 19.4 Å². The summed E-state index contributed by atoms with van der Waals surface area (Å²) < 4.78 is 11.3. The van der Waals surface area contributed by atoms with Crippen molar-refractivity contribution in [3.63, 3.8) is 0 Å². The van der Waals surface area contributed by atoms with Crippen molar-refractivity contribution in [3.05, 3.63) is 11.6 Å². The first-order valence-electron chi connectivity index (χ1n) is 11.4. The van der Waals surface area contributed by atoms with Gasteiger partial charge >= 0.3 is 29.6 Å². The molecule has 5 atom stereocenters. The van der Waals surface area contributed by atoms with Crippen LogP contribution in [0.4, 0.5) is 0 Å². The van der Waals surface area contributed by atoms with Gasteiger partial charge in [-0.2, -0.15) is 0 Å². The summed E-state index contributed by atoms with van der Waals surface area (Å²) in [6.45, 7) is 2.99. The monoisotopic (exact) mass is 442 g/mol. The molecule has 0 aliphatic heterocycles. The summed E-state index contributed by atoms with van der Waals surface area (Å²) in [6.07, 6.45) is 12.5. The molecule has 0 aromatic heterocycles. The summed E-state index contributed by atoms with van der Waals surface area (Å²) in [4.78, 5) is 23.1. The number of hydrogen-bond acceptors (Lipinski definition) is 4. The van der Waals surface area contributed by atoms with Crippen LogP contribution in [0.15, 0.2) is 11.6 Å². The summed E-state index contributed by atoms with van der Waals surface area (Å²) in [6, 6.07) is 0. The van der Waals surface area contributed by atoms with Crippen molar-refractivity contribution in [1.29, 1.82) is 0 Å². The van der Waals surface area contributed by atoms with E-state index >= 15 is 0 Å². The smallest absolute Gasteiger partial charge is 0.799 e. The fraction of sp³-hybridized carbons (Fsp3) is 0.792. The van der Waals surface area contributed by atoms with Gasteiger partial charge in [-0.25, -0.2) is 0 Å². The van der Waals surface area contributed by atoms with Gasteiger partial charge in [0.05, 0.1) is 0 Å². The number of Topliss-reactive ketones (excluding diaryl/α,β-unsaturated/α-hetero) is 1. The number of aliphatic hydroxyl groups is 1. The van der Waals surface area contributed by atoms with Gasteiger partial charge in [0, 0.05) is 19.7 Å². The molecular weight excluding hydrogens is 406 g/mol. The van der Waals surface area contributed by atoms with Crippen molar-refractivity contribution in [2.45, 2.75) is 83.2 Å². The molecule has 4 nitrogen and oxygen atoms in total. The standard InChI is InChI=1S/C24H37O4P.Na/c1-18(25)14-20-17-21-15-19(8-4-7-13-29(2,27)28)16-23(21)22(20)9-12-24(26)10-5-3-6-11-24;/h8,20-23,26H,3-7,10-11,13-17H2,1-2H3,(H,27,28);/q;+1/p-1/b19-8-;/t20-,21?,22-,23?;/m0./s1. The number of ketones is 1. The topological polar surface area (TPSA) is 77.4 Å². The molecule has 3 aliphatic rings. The third-order valence-corrected chi connectivity index (χ3v) is 8.23. The predicted octanol–water partition coefficient (Wildman–Crippen LogP) is 1.31. The van der Waals surface area contributed by atoms with Crippen molar-refractivity contribution < 1.29 is 48.9 Å². The van der Waals surface area contributed by atoms with E-state index in [0.717, 1.165) is 51.4 Å². The molecule has 0 aromatic rings. The maximum atomic E-state index is 11.8. The second-order valence-electron chi connectivity index (χ2n) is 9.86. The van der Waals surface area contributed by atoms with E-state index in [1.165, 1.54) is 18.7 Å². The molecule has 3 rings (SSSR count). The van der Waals surface area contributed by atoms with Crippen LogP contribution in [0.25, 0.3) is 0 Å². The van der Waals surface area contributed by atoms with Crippen LogP contribution in [0.5, 0.6) is 0 Å². The van der Waals surface area contributed by atoms with E-state index in [4.69, 9.17) is 0 Å². The second-order valence-corrected chi connectivity index (χ2v) is 12.3. The molecule has 6 heteroatoms. The quantitative estimate of drug-likeness (QED) is 0.221. The van der Waals surface area contributed by atoms with E-state index in [-0.39, 0.29) is 47.4 Å². The maximum absolute atomic E-state index is 11.8. The number of rotatable bonds is 6. The Morgan fingerprint density at radius 1 is 1.30 bits per heavy atom. The SMILES string of the molecule is CC(=O)C[C@H]1CC2C/C(=C/CCCP(C)(=O)[O-])CC2[C@H]1C#CC1(O)CCCCC1.[Na+]. The molecule has 3 aliphatic carbocycles. The van der Waals surface area contributed by atoms with Gasteiger partial charge in [0.1, 0.15) is 11.4 Å². The summed E-state index contributed by atoms with van der Waals surface area (Å²) in [5.41, 5.74) is 0.599. The van der Waals surface area contributed by atoms with Gasteiger partial charge in [-0.05, 0) is 95.3 Å². The van der Waals surface area contributed by atoms with E-state index in [1.54, 1.807) is 6.92 Å². The summed E-state index contributed by atoms with van der Waals surface area (Å²) in [5.74, 6) is 8.50. The van der Waals surface area contributed by atoms with Gasteiger partial charge in [0.25, 0.3) is 0 Å². The van der Waals surface area contributed by atoms with Gasteiger partial charge in [0.15, 0.2) is 0 Å². The number of unbranched alkanes of at least 4 members (excludes halogenated alkanes) is 1. The molecule has 3 unspecified atom stereocenters. The molecule has 0 saturated heterocycles. The van der Waals surface area contributed by atoms with E-state index in [9.17, 15) is 19.4 Å². The molecule has 162 valence electrons. The Morgan fingerprint density at radius 2 is 2.00 bits per heavy atom. The van der Waals surface area contributed by atoms with Crippen LogP contribution in [0.3, 0.4) is 0 Å². The van der Waals surface area contributed by atoms with Crippen LogP contribution in [0.1, 0.15) is 77.6 Å². The Kier molecular flexibility index (Phi) is 9.94. The zero-order valence-electron chi connectivity index (χ0n) is 19.0. The fourth-order valence-electron chi connectivity index (χ4n) is 5.74. The van der Waals surface area contributed by atoms with Gasteiger partial charge in [-0.3, -0.25) is 0 Å². The zero-order chi connectivity index (χ0) is 21.1. The van der Waals surface area contributed by atoms with Crippen molar-refractivity contribution in [2.24, 2.45) is 23.7 Å². The van der Waals surface area contributed by atoms with Crippen molar-refractivity contribution in [1.82, 2.24) is 0 Å². The molecule has 0 radical (unpaired) electrons. The number of fused-ring (bicyclic) bond motifs is 1. The Bertz CT molecular complexity index is 738. The first kappa shape index (κ1) is 26.4. The maximum Gasteiger partial charge on any atom is 1.00 e. The third kappa shape index (κ3) is 7.61. The fourth-order valence-corrected chi connectivity index (χ4v) is 6.50. The van der Waals surface area contributed by atoms with E-state index < -0.39 is 13.0 Å². The number of hydrogen-bond donors (Lipinski definition) is 1. The minimum absolute atomic E-state index is 0. The van der Waals surface area contributed by atoms with Crippen LogP contribution >= 0.6 is 7.37 Å². The van der Waals surface area contributed by atoms with Crippen LogP contribution < -0.4 is 34.5 Å². The number of carbonyl (C=O) groups is 1. The van der Waals surface area contributed by atoms with Crippen molar-refractivity contribution >= 4 is 13.2 Å². The summed E-state index contributed by atoms with van der Waals surface area (Å²) in [5, 5.41) is 10.8. The van der Waals surface area contributed by atoms with Crippen LogP contribution in [0.2, 0.25) is 0 Å². The Balaban J connectivity index is 0.00000320. The number of allylic oxidation sites excluding steroid dienone is 2. The average molecular weight is 443 g/mol. The molecule has 1 N–H and O–H groups in total. The zero-order valence-corrected chi connectivity index (χ0v) is 21.9. The second kappa shape index (κ2) is 11.3. The molecule has 0 heterocycles. The summed E-state index contributed by atoms with van der Waals surface area (Å²) >= 11 is 0. The van der Waals surface area contributed by atoms with Crippen molar-refractivity contribution in [2.75, 3.05) is 12.8 Å². The minimum atomic E-state index is -3.16. The van der Waals surface area contributed by atoms with Crippen LogP contribution in [-0.2, 0) is 9.36 Å². The Hall–Kier alpha value is 0.120. The van der Waals surface area contributed by atoms with E-state index in [0.29, 0.717) is 30.6 Å². The van der Waals surface area contributed by atoms with Gasteiger partial charge in [-0.15, -0.1) is 0 Å². The van der Waals surface area contributed by atoms with Gasteiger partial charge in [-0.1, -0.05) is 29.9 Å². The Labute approximate surface area is 204 Å². The predicted molar refractivity (Wildman–Crippen MR) is 115 cm³/mol. The first-order valence-corrected chi connectivity index (χ1v) is 13.6. The molecule has 0 bridgehead atoms. The molecule has 0 amide bonds. The average Bonchev–Trinajstić information content (AvgIpc) is 3.13. The van der Waals surface area contributed by atoms with Crippen LogP contribution in [-0.4, -0.2) is 29.3 Å². The van der Waals surface area contributed by atoms with Crippen LogP contribution in [0, 0.1) is 35.5 Å². The van der Waals surface area contributed by atoms with Gasteiger partial charge in [0.2, 0.25) is 0 Å². The molecule has 30 heavy (non-hydrogen) atoms. The molecule has 0 aromatic carbocycles. The first-order chi connectivity index (χ1) is 13.7. The molecule has 3 fully saturated rings. The van der Waals surface area contributed by atoms with E-state index in [2.05, 4.69) is 17.9 Å².